The van der Waals surface area contributed by atoms with E-state index in [1.807, 2.05) is 19.1 Å². The summed E-state index contributed by atoms with van der Waals surface area (Å²) in [5.41, 5.74) is 2.44. The fraction of sp³-hybridized carbons (Fsp3) is 0.500. The molecule has 0 bridgehead atoms. The van der Waals surface area contributed by atoms with Crippen LogP contribution >= 0.6 is 0 Å². The minimum absolute atomic E-state index is 0.250. The van der Waals surface area contributed by atoms with Crippen LogP contribution < -0.4 is 5.32 Å². The van der Waals surface area contributed by atoms with Gasteiger partial charge in [-0.1, -0.05) is 32.0 Å². The van der Waals surface area contributed by atoms with Gasteiger partial charge in [0.1, 0.15) is 0 Å². The maximum absolute atomic E-state index is 9.42. The van der Waals surface area contributed by atoms with Gasteiger partial charge in [0.25, 0.3) is 0 Å². The van der Waals surface area contributed by atoms with E-state index in [0.717, 1.165) is 18.5 Å². The first-order chi connectivity index (χ1) is 6.77. The van der Waals surface area contributed by atoms with Gasteiger partial charge in [-0.3, -0.25) is 0 Å². The van der Waals surface area contributed by atoms with Crippen LogP contribution in [0.2, 0.25) is 0 Å². The molecule has 0 spiro atoms. The number of aryl methyl sites for hydroxylation is 1. The van der Waals surface area contributed by atoms with Crippen molar-refractivity contribution in [1.29, 1.82) is 0 Å². The Labute approximate surface area is 86.0 Å². The third kappa shape index (κ3) is 3.04. The number of rotatable bonds is 5. The summed E-state index contributed by atoms with van der Waals surface area (Å²) >= 11 is 0. The van der Waals surface area contributed by atoms with Crippen LogP contribution in [0.25, 0.3) is 0 Å². The van der Waals surface area contributed by atoms with Crippen LogP contribution in [-0.4, -0.2) is 17.8 Å². The molecule has 0 fully saturated rings. The molecule has 0 radical (unpaired) electrons. The molecule has 2 heteroatoms. The van der Waals surface area contributed by atoms with Gasteiger partial charge in [0.05, 0.1) is 6.10 Å². The van der Waals surface area contributed by atoms with E-state index in [1.165, 1.54) is 5.56 Å². The van der Waals surface area contributed by atoms with E-state index < -0.39 is 0 Å². The van der Waals surface area contributed by atoms with Gasteiger partial charge in [0.2, 0.25) is 0 Å². The zero-order valence-corrected chi connectivity index (χ0v) is 8.96. The minimum Gasteiger partial charge on any atom is -0.391 e. The molecule has 0 aliphatic carbocycles. The normalized spacial score (nSPS) is 12.5. The van der Waals surface area contributed by atoms with Gasteiger partial charge in [-0.25, -0.2) is 0 Å². The van der Waals surface area contributed by atoms with Crippen molar-refractivity contribution < 1.29 is 5.11 Å². The predicted octanol–water partition coefficient (Wildman–Crippen LogP) is 2.43. The largest absolute Gasteiger partial charge is 0.391 e. The monoisotopic (exact) mass is 193 g/mol. The smallest absolute Gasteiger partial charge is 0.0709 e. The van der Waals surface area contributed by atoms with Gasteiger partial charge in [-0.05, 0) is 24.5 Å². The molecule has 0 aliphatic rings. The van der Waals surface area contributed by atoms with Crippen LogP contribution in [0.5, 0.6) is 0 Å². The first-order valence-corrected chi connectivity index (χ1v) is 5.27. The number of hydrogen-bond donors (Lipinski definition) is 2. The molecule has 0 aliphatic heterocycles. The number of nitrogens with one attached hydrogen (secondary N) is 1. The average Bonchev–Trinajstić information content (AvgIpc) is 2.26. The van der Waals surface area contributed by atoms with Crippen molar-refractivity contribution >= 4 is 5.69 Å². The van der Waals surface area contributed by atoms with Gasteiger partial charge < -0.3 is 10.4 Å². The van der Waals surface area contributed by atoms with Crippen molar-refractivity contribution in [2.45, 2.75) is 32.8 Å². The molecule has 0 heterocycles. The molecule has 0 aromatic heterocycles. The number of anilines is 1. The molecule has 1 atom stereocenters. The SMILES string of the molecule is CCc1ccccc1NCC(O)CC. The van der Waals surface area contributed by atoms with Crippen LogP contribution in [0.15, 0.2) is 24.3 Å². The molecular weight excluding hydrogens is 174 g/mol. The molecule has 14 heavy (non-hydrogen) atoms. The van der Waals surface area contributed by atoms with Gasteiger partial charge in [0.15, 0.2) is 0 Å². The number of benzene rings is 1. The Morgan fingerprint density at radius 1 is 1.29 bits per heavy atom. The van der Waals surface area contributed by atoms with Crippen molar-refractivity contribution in [1.82, 2.24) is 0 Å². The van der Waals surface area contributed by atoms with Crippen molar-refractivity contribution in [3.05, 3.63) is 29.8 Å². The molecule has 0 saturated heterocycles. The lowest BCUT2D eigenvalue weighted by molar-refractivity contribution is 0.183. The fourth-order valence-corrected chi connectivity index (χ4v) is 1.37. The van der Waals surface area contributed by atoms with Gasteiger partial charge in [-0.2, -0.15) is 0 Å². The summed E-state index contributed by atoms with van der Waals surface area (Å²) in [7, 11) is 0. The van der Waals surface area contributed by atoms with Gasteiger partial charge >= 0.3 is 0 Å². The molecule has 0 amide bonds. The first kappa shape index (κ1) is 11.1. The molecular formula is C12H19NO. The average molecular weight is 193 g/mol. The third-order valence-electron chi connectivity index (χ3n) is 2.40. The van der Waals surface area contributed by atoms with E-state index in [2.05, 4.69) is 24.4 Å². The number of aliphatic hydroxyl groups excluding tert-OH is 1. The lowest BCUT2D eigenvalue weighted by Gasteiger charge is -2.13. The van der Waals surface area contributed by atoms with Gasteiger partial charge in [0, 0.05) is 12.2 Å². The number of aliphatic hydroxyl groups is 1. The quantitative estimate of drug-likeness (QED) is 0.752. The first-order valence-electron chi connectivity index (χ1n) is 5.27. The highest BCUT2D eigenvalue weighted by Crippen LogP contribution is 2.15. The van der Waals surface area contributed by atoms with Crippen LogP contribution in [-0.2, 0) is 6.42 Å². The molecule has 2 N–H and O–H groups in total. The van der Waals surface area contributed by atoms with Gasteiger partial charge in [-0.15, -0.1) is 0 Å². The highest BCUT2D eigenvalue weighted by atomic mass is 16.3. The number of hydrogen-bond acceptors (Lipinski definition) is 2. The molecule has 1 aromatic rings. The molecule has 1 unspecified atom stereocenters. The second-order valence-electron chi connectivity index (χ2n) is 3.45. The summed E-state index contributed by atoms with van der Waals surface area (Å²) in [4.78, 5) is 0. The summed E-state index contributed by atoms with van der Waals surface area (Å²) < 4.78 is 0. The fourth-order valence-electron chi connectivity index (χ4n) is 1.37. The lowest BCUT2D eigenvalue weighted by Crippen LogP contribution is -2.18. The van der Waals surface area contributed by atoms with E-state index >= 15 is 0 Å². The van der Waals surface area contributed by atoms with E-state index in [4.69, 9.17) is 0 Å². The van der Waals surface area contributed by atoms with Crippen molar-refractivity contribution in [3.8, 4) is 0 Å². The lowest BCUT2D eigenvalue weighted by atomic mass is 10.1. The molecule has 0 saturated carbocycles. The van der Waals surface area contributed by atoms with Crippen LogP contribution in [0.3, 0.4) is 0 Å². The summed E-state index contributed by atoms with van der Waals surface area (Å²) in [5.74, 6) is 0. The molecule has 78 valence electrons. The zero-order valence-electron chi connectivity index (χ0n) is 8.96. The Kier molecular flexibility index (Phi) is 4.47. The predicted molar refractivity (Wildman–Crippen MR) is 60.6 cm³/mol. The minimum atomic E-state index is -0.250. The summed E-state index contributed by atoms with van der Waals surface area (Å²) in [6.45, 7) is 4.75. The van der Waals surface area contributed by atoms with Crippen LogP contribution in [0.4, 0.5) is 5.69 Å². The maximum atomic E-state index is 9.42. The molecule has 2 nitrogen and oxygen atoms in total. The molecule has 1 rings (SSSR count). The van der Waals surface area contributed by atoms with E-state index in [-0.39, 0.29) is 6.10 Å². The Bertz CT molecular complexity index is 273. The second-order valence-corrected chi connectivity index (χ2v) is 3.45. The van der Waals surface area contributed by atoms with Crippen LogP contribution in [0, 0.1) is 0 Å². The Balaban J connectivity index is 2.57. The third-order valence-corrected chi connectivity index (χ3v) is 2.40. The summed E-state index contributed by atoms with van der Waals surface area (Å²) in [6, 6.07) is 8.22. The van der Waals surface area contributed by atoms with Crippen molar-refractivity contribution in [3.63, 3.8) is 0 Å². The van der Waals surface area contributed by atoms with Crippen molar-refractivity contribution in [2.24, 2.45) is 0 Å². The van der Waals surface area contributed by atoms with E-state index in [1.54, 1.807) is 0 Å². The summed E-state index contributed by atoms with van der Waals surface area (Å²) in [5, 5.41) is 12.7. The molecule has 1 aromatic carbocycles. The Hall–Kier alpha value is -1.02. The topological polar surface area (TPSA) is 32.3 Å². The second kappa shape index (κ2) is 5.66. The highest BCUT2D eigenvalue weighted by Gasteiger charge is 2.02. The van der Waals surface area contributed by atoms with E-state index in [0.29, 0.717) is 6.54 Å². The zero-order chi connectivity index (χ0) is 10.4. The highest BCUT2D eigenvalue weighted by molar-refractivity contribution is 5.51. The Morgan fingerprint density at radius 2 is 2.00 bits per heavy atom. The summed E-state index contributed by atoms with van der Waals surface area (Å²) in [6.07, 6.45) is 1.56. The van der Waals surface area contributed by atoms with E-state index in [9.17, 15) is 5.11 Å². The van der Waals surface area contributed by atoms with Crippen LogP contribution in [0.1, 0.15) is 25.8 Å². The number of para-hydroxylation sites is 1. The maximum Gasteiger partial charge on any atom is 0.0709 e. The Morgan fingerprint density at radius 3 is 2.64 bits per heavy atom. The standard InChI is InChI=1S/C12H19NO/c1-3-10-7-5-6-8-12(10)13-9-11(14)4-2/h5-8,11,13-14H,3-4,9H2,1-2H3. The van der Waals surface area contributed by atoms with Crippen molar-refractivity contribution in [2.75, 3.05) is 11.9 Å².